The van der Waals surface area contributed by atoms with Crippen LogP contribution in [0.2, 0.25) is 0 Å². The van der Waals surface area contributed by atoms with Gasteiger partial charge in [0.25, 0.3) is 5.91 Å². The Morgan fingerprint density at radius 2 is 1.86 bits per heavy atom. The number of aryl methyl sites for hydroxylation is 2. The van der Waals surface area contributed by atoms with Crippen LogP contribution in [-0.4, -0.2) is 69.1 Å². The number of aliphatic hydroxyl groups excluding tert-OH is 1. The minimum Gasteiger partial charge on any atom is -0.465 e. The summed E-state index contributed by atoms with van der Waals surface area (Å²) in [5.41, 5.74) is 2.82. The average molecular weight is 525 g/mol. The molecule has 0 aromatic heterocycles. The first-order chi connectivity index (χ1) is 17.6. The van der Waals surface area contributed by atoms with E-state index in [2.05, 4.69) is 0 Å². The smallest absolute Gasteiger partial charge is 0.311 e. The molecular formula is C29H36N2O5S. The maximum atomic E-state index is 14.6. The summed E-state index contributed by atoms with van der Waals surface area (Å²) in [6, 6.07) is 4.60. The molecule has 6 atom stereocenters. The molecule has 37 heavy (non-hydrogen) atoms. The summed E-state index contributed by atoms with van der Waals surface area (Å²) >= 11 is 1.53. The van der Waals surface area contributed by atoms with Gasteiger partial charge in [0.15, 0.2) is 0 Å². The van der Waals surface area contributed by atoms with Gasteiger partial charge in [-0.3, -0.25) is 14.4 Å². The number of rotatable bonds is 4. The zero-order valence-corrected chi connectivity index (χ0v) is 23.0. The lowest BCUT2D eigenvalue weighted by Crippen LogP contribution is -2.58. The van der Waals surface area contributed by atoms with Crippen LogP contribution >= 0.6 is 11.8 Å². The molecule has 4 aliphatic heterocycles. The normalized spacial score (nSPS) is 34.0. The van der Waals surface area contributed by atoms with Crippen molar-refractivity contribution < 1.29 is 24.2 Å². The van der Waals surface area contributed by atoms with Gasteiger partial charge in [-0.1, -0.05) is 50.3 Å². The third-order valence-corrected chi connectivity index (χ3v) is 10.2. The standard InChI is InChI=1S/C29H36N2O5S/c1-17(2)21(16-32)31-24-26(34)30(20-15-18(3)9-10-19(20)4)13-8-12-29(24)22(25(31)33)23-27(35)36-14-7-6-11-28(23,5)37-29/h6,8-12,15,17,21-24,32H,7,13-14,16H2,1-5H3/t21-,22-,23-,24?,28+,29-/m0/s1. The fraction of sp³-hybridized carbons (Fsp3) is 0.552. The Morgan fingerprint density at radius 1 is 1.11 bits per heavy atom. The topological polar surface area (TPSA) is 87.2 Å². The molecule has 0 saturated carbocycles. The molecule has 2 amide bonds. The molecule has 2 fully saturated rings. The van der Waals surface area contributed by atoms with Crippen molar-refractivity contribution in [2.75, 3.05) is 24.7 Å². The summed E-state index contributed by atoms with van der Waals surface area (Å²) in [5.74, 6) is -2.42. The van der Waals surface area contributed by atoms with Gasteiger partial charge >= 0.3 is 5.97 Å². The fourth-order valence-corrected chi connectivity index (χ4v) is 8.77. The summed E-state index contributed by atoms with van der Waals surface area (Å²) in [5, 5.41) is 10.4. The second-order valence-electron chi connectivity index (χ2n) is 11.2. The number of carbonyl (C=O) groups is 3. The lowest BCUT2D eigenvalue weighted by atomic mass is 9.74. The van der Waals surface area contributed by atoms with Gasteiger partial charge in [-0.15, -0.1) is 11.8 Å². The molecule has 198 valence electrons. The number of hydrogen-bond acceptors (Lipinski definition) is 6. The van der Waals surface area contributed by atoms with Gasteiger partial charge < -0.3 is 19.6 Å². The van der Waals surface area contributed by atoms with E-state index in [1.54, 1.807) is 9.80 Å². The van der Waals surface area contributed by atoms with Crippen LogP contribution in [0, 0.1) is 31.6 Å². The SMILES string of the molecule is Cc1ccc(C)c(N2CC=C[C@]34S[C@]5(C)C=CCCOC(=O)[C@@H]5[C@H]3C(=O)N([C@@H](CO)C(C)C)C4C2=O)c1. The molecule has 1 spiro atoms. The Morgan fingerprint density at radius 3 is 2.57 bits per heavy atom. The quantitative estimate of drug-likeness (QED) is 0.480. The van der Waals surface area contributed by atoms with E-state index in [-0.39, 0.29) is 30.9 Å². The molecule has 1 aromatic rings. The number of anilines is 1. The average Bonchev–Trinajstić information content (AvgIpc) is 3.15. The number of hydrogen-bond donors (Lipinski definition) is 1. The number of benzene rings is 1. The predicted molar refractivity (Wildman–Crippen MR) is 144 cm³/mol. The first-order valence-electron chi connectivity index (χ1n) is 13.1. The number of esters is 1. The maximum absolute atomic E-state index is 14.6. The van der Waals surface area contributed by atoms with Gasteiger partial charge in [0.1, 0.15) is 6.04 Å². The zero-order valence-electron chi connectivity index (χ0n) is 22.1. The third kappa shape index (κ3) is 3.86. The van der Waals surface area contributed by atoms with Crippen molar-refractivity contribution in [2.24, 2.45) is 17.8 Å². The molecule has 2 saturated heterocycles. The molecule has 5 rings (SSSR count). The van der Waals surface area contributed by atoms with Crippen LogP contribution in [0.5, 0.6) is 0 Å². The van der Waals surface area contributed by atoms with Crippen molar-refractivity contribution >= 4 is 35.2 Å². The van der Waals surface area contributed by atoms with Crippen LogP contribution in [-0.2, 0) is 19.1 Å². The van der Waals surface area contributed by atoms with Crippen LogP contribution in [0.3, 0.4) is 0 Å². The minimum atomic E-state index is -0.962. The van der Waals surface area contributed by atoms with E-state index < -0.39 is 39.4 Å². The minimum absolute atomic E-state index is 0.0837. The van der Waals surface area contributed by atoms with E-state index in [4.69, 9.17) is 4.74 Å². The maximum Gasteiger partial charge on any atom is 0.311 e. The molecule has 4 aliphatic rings. The molecule has 1 N–H and O–H groups in total. The summed E-state index contributed by atoms with van der Waals surface area (Å²) < 4.78 is 3.94. The molecular weight excluding hydrogens is 488 g/mol. The van der Waals surface area contributed by atoms with Gasteiger partial charge in [0.05, 0.1) is 35.8 Å². The van der Waals surface area contributed by atoms with Crippen LogP contribution < -0.4 is 4.90 Å². The Kier molecular flexibility index (Phi) is 6.55. The van der Waals surface area contributed by atoms with Crippen molar-refractivity contribution in [1.82, 2.24) is 4.90 Å². The second kappa shape index (κ2) is 9.31. The molecule has 7 nitrogen and oxygen atoms in total. The molecule has 0 aliphatic carbocycles. The number of thioether (sulfide) groups is 1. The first kappa shape index (κ1) is 26.0. The molecule has 8 heteroatoms. The van der Waals surface area contributed by atoms with E-state index in [9.17, 15) is 19.5 Å². The van der Waals surface area contributed by atoms with Crippen molar-refractivity contribution in [3.8, 4) is 0 Å². The van der Waals surface area contributed by atoms with Crippen molar-refractivity contribution in [3.63, 3.8) is 0 Å². The van der Waals surface area contributed by atoms with E-state index in [0.717, 1.165) is 16.8 Å². The molecule has 4 heterocycles. The van der Waals surface area contributed by atoms with E-state index in [0.29, 0.717) is 13.0 Å². The molecule has 0 bridgehead atoms. The highest BCUT2D eigenvalue weighted by Crippen LogP contribution is 2.65. The number of ether oxygens (including phenoxy) is 1. The van der Waals surface area contributed by atoms with E-state index in [1.807, 2.05) is 77.1 Å². The van der Waals surface area contributed by atoms with Gasteiger partial charge in [0.2, 0.25) is 5.91 Å². The third-order valence-electron chi connectivity index (χ3n) is 8.43. The number of amides is 2. The van der Waals surface area contributed by atoms with Crippen LogP contribution in [0.1, 0.15) is 38.3 Å². The van der Waals surface area contributed by atoms with Crippen molar-refractivity contribution in [1.29, 1.82) is 0 Å². The fourth-order valence-electron chi connectivity index (χ4n) is 6.63. The van der Waals surface area contributed by atoms with E-state index in [1.165, 1.54) is 11.8 Å². The highest BCUT2D eigenvalue weighted by Gasteiger charge is 2.74. The number of likely N-dealkylation sites (tertiary alicyclic amines) is 1. The largest absolute Gasteiger partial charge is 0.465 e. The van der Waals surface area contributed by atoms with Crippen LogP contribution in [0.4, 0.5) is 5.69 Å². The lowest BCUT2D eigenvalue weighted by molar-refractivity contribution is -0.154. The predicted octanol–water partition coefficient (Wildman–Crippen LogP) is 3.41. The second-order valence-corrected chi connectivity index (χ2v) is 13.0. The van der Waals surface area contributed by atoms with Crippen LogP contribution in [0.25, 0.3) is 0 Å². The Hall–Kier alpha value is -2.58. The van der Waals surface area contributed by atoms with Crippen LogP contribution in [0.15, 0.2) is 42.5 Å². The first-order valence-corrected chi connectivity index (χ1v) is 13.9. The number of carbonyl (C=O) groups excluding carboxylic acids is 3. The van der Waals surface area contributed by atoms with Gasteiger partial charge in [-0.05, 0) is 50.3 Å². The van der Waals surface area contributed by atoms with Crippen molar-refractivity contribution in [2.45, 2.75) is 62.6 Å². The summed E-state index contributed by atoms with van der Waals surface area (Å²) in [7, 11) is 0. The molecule has 1 aromatic carbocycles. The van der Waals surface area contributed by atoms with Gasteiger partial charge in [-0.2, -0.15) is 0 Å². The summed E-state index contributed by atoms with van der Waals surface area (Å²) in [4.78, 5) is 45.8. The summed E-state index contributed by atoms with van der Waals surface area (Å²) in [6.07, 6.45) is 8.63. The molecule has 1 unspecified atom stereocenters. The Labute approximate surface area is 222 Å². The highest BCUT2D eigenvalue weighted by atomic mass is 32.2. The van der Waals surface area contributed by atoms with Gasteiger partial charge in [0, 0.05) is 17.0 Å². The van der Waals surface area contributed by atoms with Crippen molar-refractivity contribution in [3.05, 3.63) is 53.6 Å². The number of aliphatic hydroxyl groups is 1. The number of fused-ring (bicyclic) bond motifs is 2. The zero-order chi connectivity index (χ0) is 26.7. The number of cyclic esters (lactones) is 1. The van der Waals surface area contributed by atoms with E-state index >= 15 is 0 Å². The summed E-state index contributed by atoms with van der Waals surface area (Å²) in [6.45, 7) is 10.2. The molecule has 0 radical (unpaired) electrons. The highest BCUT2D eigenvalue weighted by molar-refractivity contribution is 8.02. The lowest BCUT2D eigenvalue weighted by Gasteiger charge is -2.41. The number of nitrogens with zero attached hydrogens (tertiary/aromatic N) is 2. The Bertz CT molecular complexity index is 1190. The Balaban J connectivity index is 1.71. The van der Waals surface area contributed by atoms with Gasteiger partial charge in [-0.25, -0.2) is 0 Å². The monoisotopic (exact) mass is 524 g/mol.